The van der Waals surface area contributed by atoms with E-state index in [-0.39, 0.29) is 16.5 Å². The smallest absolute Gasteiger partial charge is 0.244 e. The number of nitrogens with one attached hydrogen (secondary N) is 1. The lowest BCUT2D eigenvalue weighted by atomic mass is 10.0. The average Bonchev–Trinajstić information content (AvgIpc) is 2.83. The van der Waals surface area contributed by atoms with Crippen LogP contribution in [0.2, 0.25) is 0 Å². The summed E-state index contributed by atoms with van der Waals surface area (Å²) in [7, 11) is -3.57. The SMILES string of the molecule is CC(C)NS(=O)(=O)c1ccccc1OCC1(N)CCCC1. The minimum absolute atomic E-state index is 0.167. The van der Waals surface area contributed by atoms with Crippen LogP contribution < -0.4 is 15.2 Å². The number of sulfonamides is 1. The molecule has 1 aliphatic carbocycles. The van der Waals surface area contributed by atoms with Crippen LogP contribution in [0, 0.1) is 0 Å². The van der Waals surface area contributed by atoms with E-state index in [1.807, 2.05) is 0 Å². The van der Waals surface area contributed by atoms with Crippen molar-refractivity contribution in [3.63, 3.8) is 0 Å². The predicted molar refractivity (Wildman–Crippen MR) is 82.8 cm³/mol. The second kappa shape index (κ2) is 6.34. The van der Waals surface area contributed by atoms with Crippen LogP contribution in [-0.4, -0.2) is 26.6 Å². The van der Waals surface area contributed by atoms with Crippen molar-refractivity contribution in [2.24, 2.45) is 5.73 Å². The van der Waals surface area contributed by atoms with Gasteiger partial charge in [-0.05, 0) is 38.8 Å². The van der Waals surface area contributed by atoms with E-state index in [4.69, 9.17) is 10.5 Å². The third-order valence-electron chi connectivity index (χ3n) is 3.64. The first-order chi connectivity index (χ1) is 9.82. The maximum atomic E-state index is 12.3. The lowest BCUT2D eigenvalue weighted by Crippen LogP contribution is -2.42. The van der Waals surface area contributed by atoms with Crippen LogP contribution in [0.1, 0.15) is 39.5 Å². The van der Waals surface area contributed by atoms with Crippen molar-refractivity contribution in [2.45, 2.75) is 56.0 Å². The van der Waals surface area contributed by atoms with Gasteiger partial charge in [-0.1, -0.05) is 25.0 Å². The van der Waals surface area contributed by atoms with Gasteiger partial charge >= 0.3 is 0 Å². The van der Waals surface area contributed by atoms with Crippen molar-refractivity contribution in [1.82, 2.24) is 4.72 Å². The summed E-state index contributed by atoms with van der Waals surface area (Å²) in [5, 5.41) is 0. The molecule has 1 aliphatic rings. The second-order valence-electron chi connectivity index (χ2n) is 6.08. The molecular weight excluding hydrogens is 288 g/mol. The molecule has 3 N–H and O–H groups in total. The molecule has 5 nitrogen and oxygen atoms in total. The van der Waals surface area contributed by atoms with Crippen LogP contribution in [-0.2, 0) is 10.0 Å². The predicted octanol–water partition coefficient (Wildman–Crippen LogP) is 2.02. The molecule has 0 heterocycles. The van der Waals surface area contributed by atoms with Crippen molar-refractivity contribution in [1.29, 1.82) is 0 Å². The summed E-state index contributed by atoms with van der Waals surface area (Å²) in [6, 6.07) is 6.51. The Morgan fingerprint density at radius 3 is 2.52 bits per heavy atom. The summed E-state index contributed by atoms with van der Waals surface area (Å²) >= 11 is 0. The molecule has 0 spiro atoms. The van der Waals surface area contributed by atoms with E-state index in [2.05, 4.69) is 4.72 Å². The highest BCUT2D eigenvalue weighted by Crippen LogP contribution is 2.30. The fraction of sp³-hybridized carbons (Fsp3) is 0.600. The van der Waals surface area contributed by atoms with Crippen LogP contribution in [0.15, 0.2) is 29.2 Å². The normalized spacial score (nSPS) is 18.1. The third kappa shape index (κ3) is 4.18. The molecule has 0 amide bonds. The lowest BCUT2D eigenvalue weighted by Gasteiger charge is -2.24. The van der Waals surface area contributed by atoms with Crippen LogP contribution in [0.5, 0.6) is 5.75 Å². The van der Waals surface area contributed by atoms with Gasteiger partial charge in [0.2, 0.25) is 10.0 Å². The Kier molecular flexibility index (Phi) is 4.91. The highest BCUT2D eigenvalue weighted by atomic mass is 32.2. The monoisotopic (exact) mass is 312 g/mol. The minimum Gasteiger partial charge on any atom is -0.490 e. The second-order valence-corrected chi connectivity index (χ2v) is 7.76. The van der Waals surface area contributed by atoms with Gasteiger partial charge in [-0.3, -0.25) is 0 Å². The first-order valence-corrected chi connectivity index (χ1v) is 8.84. The van der Waals surface area contributed by atoms with Crippen molar-refractivity contribution in [3.8, 4) is 5.75 Å². The maximum absolute atomic E-state index is 12.3. The van der Waals surface area contributed by atoms with Gasteiger partial charge in [-0.25, -0.2) is 13.1 Å². The summed E-state index contributed by atoms with van der Waals surface area (Å²) in [5.74, 6) is 0.363. The topological polar surface area (TPSA) is 81.4 Å². The van der Waals surface area contributed by atoms with Crippen LogP contribution in [0.25, 0.3) is 0 Å². The van der Waals surface area contributed by atoms with E-state index < -0.39 is 10.0 Å². The van der Waals surface area contributed by atoms with Gasteiger partial charge in [0.05, 0.1) is 5.54 Å². The summed E-state index contributed by atoms with van der Waals surface area (Å²) in [5.41, 5.74) is 5.93. The van der Waals surface area contributed by atoms with Gasteiger partial charge in [0.25, 0.3) is 0 Å². The molecule has 0 unspecified atom stereocenters. The van der Waals surface area contributed by atoms with Gasteiger partial charge in [0.15, 0.2) is 0 Å². The van der Waals surface area contributed by atoms with Crippen LogP contribution >= 0.6 is 0 Å². The van der Waals surface area contributed by atoms with Gasteiger partial charge in [0, 0.05) is 6.04 Å². The number of rotatable bonds is 6. The minimum atomic E-state index is -3.57. The van der Waals surface area contributed by atoms with E-state index in [9.17, 15) is 8.42 Å². The zero-order chi connectivity index (χ0) is 15.5. The maximum Gasteiger partial charge on any atom is 0.244 e. The van der Waals surface area contributed by atoms with Crippen LogP contribution in [0.4, 0.5) is 0 Å². The van der Waals surface area contributed by atoms with E-state index in [0.717, 1.165) is 25.7 Å². The Hall–Kier alpha value is -1.11. The number of para-hydroxylation sites is 1. The van der Waals surface area contributed by atoms with Crippen LogP contribution in [0.3, 0.4) is 0 Å². The van der Waals surface area contributed by atoms with Gasteiger partial charge in [0.1, 0.15) is 17.3 Å². The molecule has 6 heteroatoms. The summed E-state index contributed by atoms with van der Waals surface area (Å²) in [6.45, 7) is 3.92. The Morgan fingerprint density at radius 1 is 1.29 bits per heavy atom. The Bertz CT molecular complexity index is 578. The molecule has 1 fully saturated rings. The molecule has 0 saturated heterocycles. The summed E-state index contributed by atoms with van der Waals surface area (Å²) in [6.07, 6.45) is 4.06. The Balaban J connectivity index is 2.17. The molecule has 0 bridgehead atoms. The van der Waals surface area contributed by atoms with Gasteiger partial charge in [-0.2, -0.15) is 0 Å². The molecule has 1 aromatic carbocycles. The number of benzene rings is 1. The quantitative estimate of drug-likeness (QED) is 0.842. The fourth-order valence-corrected chi connectivity index (χ4v) is 4.01. The van der Waals surface area contributed by atoms with E-state index in [1.54, 1.807) is 38.1 Å². The van der Waals surface area contributed by atoms with Crippen molar-refractivity contribution in [2.75, 3.05) is 6.61 Å². The molecule has 118 valence electrons. The highest BCUT2D eigenvalue weighted by Gasteiger charge is 2.31. The van der Waals surface area contributed by atoms with Crippen molar-refractivity contribution >= 4 is 10.0 Å². The first kappa shape index (κ1) is 16.3. The third-order valence-corrected chi connectivity index (χ3v) is 5.34. The molecule has 1 saturated carbocycles. The van der Waals surface area contributed by atoms with Gasteiger partial charge in [-0.15, -0.1) is 0 Å². The summed E-state index contributed by atoms with van der Waals surface area (Å²) < 4.78 is 33.0. The lowest BCUT2D eigenvalue weighted by molar-refractivity contribution is 0.216. The zero-order valence-corrected chi connectivity index (χ0v) is 13.4. The molecule has 1 aromatic rings. The number of ether oxygens (including phenoxy) is 1. The zero-order valence-electron chi connectivity index (χ0n) is 12.6. The Morgan fingerprint density at radius 2 is 1.90 bits per heavy atom. The van der Waals surface area contributed by atoms with Gasteiger partial charge < -0.3 is 10.5 Å². The van der Waals surface area contributed by atoms with Crippen molar-refractivity contribution < 1.29 is 13.2 Å². The average molecular weight is 312 g/mol. The molecule has 21 heavy (non-hydrogen) atoms. The molecule has 2 rings (SSSR count). The van der Waals surface area contributed by atoms with E-state index >= 15 is 0 Å². The molecule has 0 aliphatic heterocycles. The van der Waals surface area contributed by atoms with E-state index in [0.29, 0.717) is 12.4 Å². The van der Waals surface area contributed by atoms with Crippen molar-refractivity contribution in [3.05, 3.63) is 24.3 Å². The fourth-order valence-electron chi connectivity index (χ4n) is 2.61. The Labute approximate surface area is 126 Å². The number of nitrogens with two attached hydrogens (primary N) is 1. The first-order valence-electron chi connectivity index (χ1n) is 7.35. The molecular formula is C15H24N2O3S. The number of hydrogen-bond acceptors (Lipinski definition) is 4. The standard InChI is InChI=1S/C15H24N2O3S/c1-12(2)17-21(18,19)14-8-4-3-7-13(14)20-11-15(16)9-5-6-10-15/h3-4,7-8,12,17H,5-6,9-11,16H2,1-2H3. The molecule has 0 aromatic heterocycles. The van der Waals surface area contributed by atoms with E-state index in [1.165, 1.54) is 0 Å². The largest absolute Gasteiger partial charge is 0.490 e. The summed E-state index contributed by atoms with van der Waals surface area (Å²) in [4.78, 5) is 0.167. The highest BCUT2D eigenvalue weighted by molar-refractivity contribution is 7.89. The number of hydrogen-bond donors (Lipinski definition) is 2. The molecule has 0 atom stereocenters. The molecule has 0 radical (unpaired) electrons.